The van der Waals surface area contributed by atoms with Crippen molar-refractivity contribution in [1.29, 1.82) is 0 Å². The summed E-state index contributed by atoms with van der Waals surface area (Å²) in [5, 5.41) is 16.9. The number of nitrogens with zero attached hydrogens (tertiary/aromatic N) is 3. The fourth-order valence-corrected chi connectivity index (χ4v) is 3.50. The molecular formula is C27H26ClN5O3. The van der Waals surface area contributed by atoms with Crippen molar-refractivity contribution < 1.29 is 14.6 Å². The van der Waals surface area contributed by atoms with Gasteiger partial charge in [-0.1, -0.05) is 29.8 Å². The van der Waals surface area contributed by atoms with E-state index in [0.717, 1.165) is 27.8 Å². The van der Waals surface area contributed by atoms with Crippen molar-refractivity contribution in [2.45, 2.75) is 26.4 Å². The summed E-state index contributed by atoms with van der Waals surface area (Å²) in [6.07, 6.45) is 6.83. The van der Waals surface area contributed by atoms with Crippen LogP contribution in [0, 0.1) is 6.92 Å². The molecule has 0 bridgehead atoms. The number of amides is 1. The molecule has 0 saturated heterocycles. The summed E-state index contributed by atoms with van der Waals surface area (Å²) in [4.78, 5) is 24.8. The zero-order valence-electron chi connectivity index (χ0n) is 20.1. The van der Waals surface area contributed by atoms with Gasteiger partial charge in [-0.3, -0.25) is 9.78 Å². The van der Waals surface area contributed by atoms with Crippen molar-refractivity contribution in [3.05, 3.63) is 83.4 Å². The van der Waals surface area contributed by atoms with E-state index < -0.39 is 11.5 Å². The minimum absolute atomic E-state index is 0.294. The lowest BCUT2D eigenvalue weighted by molar-refractivity contribution is -0.136. The molecule has 2 heterocycles. The molecule has 0 aliphatic carbocycles. The Morgan fingerprint density at radius 1 is 1.11 bits per heavy atom. The van der Waals surface area contributed by atoms with Gasteiger partial charge in [-0.2, -0.15) is 0 Å². The van der Waals surface area contributed by atoms with Crippen LogP contribution in [0.2, 0.25) is 5.02 Å². The molecule has 2 aromatic heterocycles. The number of benzene rings is 2. The Morgan fingerprint density at radius 3 is 2.67 bits per heavy atom. The number of rotatable bonds is 8. The number of anilines is 2. The molecular weight excluding hydrogens is 478 g/mol. The molecule has 2 aromatic carbocycles. The number of hydrogen-bond donors (Lipinski definition) is 3. The van der Waals surface area contributed by atoms with Crippen LogP contribution >= 0.6 is 11.6 Å². The number of aromatic nitrogens is 3. The lowest BCUT2D eigenvalue weighted by Crippen LogP contribution is -2.41. The van der Waals surface area contributed by atoms with Crippen LogP contribution in [0.1, 0.15) is 25.1 Å². The van der Waals surface area contributed by atoms with Crippen molar-refractivity contribution in [2.24, 2.45) is 0 Å². The standard InChI is InChI=1S/C27H26ClN5O3/c1-17-6-9-20(15-30-17)36-24-11-8-19(14-22(24)28)33-25-21-13-18(7-10-23(21)31-16-32-25)5-4-12-29-26(34)27(2,3)35/h4-11,13-16,35H,12H2,1-3H3,(H,29,34)(H,31,32,33)/b5-4+. The molecule has 3 N–H and O–H groups in total. The van der Waals surface area contributed by atoms with Gasteiger partial charge < -0.3 is 20.5 Å². The first-order chi connectivity index (χ1) is 17.2. The highest BCUT2D eigenvalue weighted by molar-refractivity contribution is 6.32. The first kappa shape index (κ1) is 25.1. The van der Waals surface area contributed by atoms with Gasteiger partial charge in [0.15, 0.2) is 0 Å². The Morgan fingerprint density at radius 2 is 1.94 bits per heavy atom. The van der Waals surface area contributed by atoms with Gasteiger partial charge in [-0.15, -0.1) is 0 Å². The van der Waals surface area contributed by atoms with Crippen LogP contribution in [-0.4, -0.2) is 38.1 Å². The van der Waals surface area contributed by atoms with E-state index in [1.54, 1.807) is 18.3 Å². The Hall–Kier alpha value is -4.01. The molecule has 9 heteroatoms. The van der Waals surface area contributed by atoms with Crippen LogP contribution in [-0.2, 0) is 4.79 Å². The van der Waals surface area contributed by atoms with Gasteiger partial charge in [0.25, 0.3) is 5.91 Å². The summed E-state index contributed by atoms with van der Waals surface area (Å²) in [7, 11) is 0. The molecule has 0 unspecified atom stereocenters. The van der Waals surface area contributed by atoms with Crippen molar-refractivity contribution in [1.82, 2.24) is 20.3 Å². The topological polar surface area (TPSA) is 109 Å². The Bertz CT molecular complexity index is 1420. The minimum atomic E-state index is -1.42. The van der Waals surface area contributed by atoms with Crippen LogP contribution < -0.4 is 15.4 Å². The first-order valence-corrected chi connectivity index (χ1v) is 11.7. The average Bonchev–Trinajstić information content (AvgIpc) is 2.84. The van der Waals surface area contributed by atoms with Crippen LogP contribution in [0.3, 0.4) is 0 Å². The van der Waals surface area contributed by atoms with Gasteiger partial charge in [-0.25, -0.2) is 9.97 Å². The van der Waals surface area contributed by atoms with Gasteiger partial charge in [0.2, 0.25) is 0 Å². The van der Waals surface area contributed by atoms with Gasteiger partial charge in [0, 0.05) is 23.3 Å². The molecule has 4 aromatic rings. The molecule has 8 nitrogen and oxygen atoms in total. The number of carbonyl (C=O) groups is 1. The molecule has 0 atom stereocenters. The molecule has 0 fully saturated rings. The maximum absolute atomic E-state index is 11.8. The molecule has 184 valence electrons. The Labute approximate surface area is 214 Å². The molecule has 1 amide bonds. The predicted molar refractivity (Wildman–Crippen MR) is 142 cm³/mol. The van der Waals surface area contributed by atoms with E-state index in [-0.39, 0.29) is 0 Å². The molecule has 0 radical (unpaired) electrons. The summed E-state index contributed by atoms with van der Waals surface area (Å²) in [5.74, 6) is 1.31. The second-order valence-electron chi connectivity index (χ2n) is 8.68. The monoisotopic (exact) mass is 503 g/mol. The second kappa shape index (κ2) is 10.7. The van der Waals surface area contributed by atoms with E-state index in [4.69, 9.17) is 16.3 Å². The summed E-state index contributed by atoms with van der Waals surface area (Å²) in [5.41, 5.74) is 1.91. The number of aliphatic hydroxyl groups is 1. The number of pyridine rings is 1. The molecule has 0 aliphatic rings. The number of carbonyl (C=O) groups excluding carboxylic acids is 1. The second-order valence-corrected chi connectivity index (χ2v) is 9.09. The number of ether oxygens (including phenoxy) is 1. The van der Waals surface area contributed by atoms with E-state index in [1.165, 1.54) is 20.2 Å². The summed E-state index contributed by atoms with van der Waals surface area (Å²) >= 11 is 6.47. The van der Waals surface area contributed by atoms with Crippen molar-refractivity contribution in [2.75, 3.05) is 11.9 Å². The zero-order valence-corrected chi connectivity index (χ0v) is 20.9. The van der Waals surface area contributed by atoms with Crippen LogP contribution in [0.4, 0.5) is 11.5 Å². The number of hydrogen-bond acceptors (Lipinski definition) is 7. The predicted octanol–water partition coefficient (Wildman–Crippen LogP) is 5.42. The van der Waals surface area contributed by atoms with Crippen LogP contribution in [0.25, 0.3) is 17.0 Å². The smallest absolute Gasteiger partial charge is 0.251 e. The first-order valence-electron chi connectivity index (χ1n) is 11.3. The minimum Gasteiger partial charge on any atom is -0.454 e. The summed E-state index contributed by atoms with van der Waals surface area (Å²) in [6, 6.07) is 14.9. The number of fused-ring (bicyclic) bond motifs is 1. The largest absolute Gasteiger partial charge is 0.454 e. The third-order valence-electron chi connectivity index (χ3n) is 5.21. The van der Waals surface area contributed by atoms with Crippen molar-refractivity contribution >= 4 is 46.0 Å². The summed E-state index contributed by atoms with van der Waals surface area (Å²) < 4.78 is 5.84. The lowest BCUT2D eigenvalue weighted by Gasteiger charge is -2.15. The Balaban J connectivity index is 1.49. The fourth-order valence-electron chi connectivity index (χ4n) is 3.28. The molecule has 0 aliphatic heterocycles. The molecule has 36 heavy (non-hydrogen) atoms. The van der Waals surface area contributed by atoms with Gasteiger partial charge in [-0.05, 0) is 68.8 Å². The third-order valence-corrected chi connectivity index (χ3v) is 5.51. The van der Waals surface area contributed by atoms with E-state index in [2.05, 4.69) is 25.6 Å². The van der Waals surface area contributed by atoms with E-state index in [1.807, 2.05) is 55.5 Å². The number of halogens is 1. The van der Waals surface area contributed by atoms with Gasteiger partial charge >= 0.3 is 0 Å². The highest BCUT2D eigenvalue weighted by atomic mass is 35.5. The molecule has 4 rings (SSSR count). The van der Waals surface area contributed by atoms with Gasteiger partial charge in [0.1, 0.15) is 29.2 Å². The summed E-state index contributed by atoms with van der Waals surface area (Å²) in [6.45, 7) is 5.09. The van der Waals surface area contributed by atoms with E-state index >= 15 is 0 Å². The SMILES string of the molecule is Cc1ccc(Oc2ccc(Nc3ncnc4ccc(/C=C/CNC(=O)C(C)(C)O)cc34)cc2Cl)cn1. The average molecular weight is 504 g/mol. The highest BCUT2D eigenvalue weighted by Crippen LogP contribution is 2.33. The lowest BCUT2D eigenvalue weighted by atomic mass is 10.1. The fraction of sp³-hybridized carbons (Fsp3) is 0.185. The molecule has 0 spiro atoms. The van der Waals surface area contributed by atoms with Crippen molar-refractivity contribution in [3.8, 4) is 11.5 Å². The molecule has 0 saturated carbocycles. The third kappa shape index (κ3) is 6.35. The van der Waals surface area contributed by atoms with E-state index in [9.17, 15) is 9.90 Å². The number of nitrogens with one attached hydrogen (secondary N) is 2. The number of aryl methyl sites for hydroxylation is 1. The quantitative estimate of drug-likeness (QED) is 0.294. The zero-order chi connectivity index (χ0) is 25.7. The Kier molecular flexibility index (Phi) is 7.47. The van der Waals surface area contributed by atoms with Crippen molar-refractivity contribution in [3.63, 3.8) is 0 Å². The normalized spacial score (nSPS) is 11.6. The maximum Gasteiger partial charge on any atom is 0.251 e. The van der Waals surface area contributed by atoms with Gasteiger partial charge in [0.05, 0.1) is 16.7 Å². The maximum atomic E-state index is 11.8. The van der Waals surface area contributed by atoms with Crippen LogP contribution in [0.15, 0.2) is 67.1 Å². The highest BCUT2D eigenvalue weighted by Gasteiger charge is 2.22. The van der Waals surface area contributed by atoms with E-state index in [0.29, 0.717) is 28.9 Å². The van der Waals surface area contributed by atoms with Crippen LogP contribution in [0.5, 0.6) is 11.5 Å².